The SMILES string of the molecule is CN(C)C=O.CN(C)C=O.N=C(/N=C(\[NH-])n1cccn1)n1cccn1.N=C(/N=C(\[NH-])n1cccn1)n1cccn1.N=C(/N=C(\[NH-])n1cccn1)n1cccn1.N=C(/N=C(\[NH-])n1cccn1)n1cccn1.N=C(/N=C(\[NH-])n1cccn1)n1cccn1.N=C(/N=C(\[NH-])n1cccn1)n1cccn1.[Ni+2].[Ni+2].[Ni+2]. The third kappa shape index (κ3) is 30.4. The smallest absolute Gasteiger partial charge is 0.409 e. The number of hydrogen-bond acceptors (Lipinski definition) is 20. The molecule has 0 aliphatic heterocycles. The molecule has 49 heteroatoms. The Morgan fingerprint density at radius 2 is 0.350 bits per heavy atom. The molecule has 12 aromatic heterocycles. The molecule has 2 amide bonds. The van der Waals surface area contributed by atoms with Crippen molar-refractivity contribution < 1.29 is 59.1 Å². The van der Waals surface area contributed by atoms with E-state index in [1.54, 1.807) is 250 Å². The fourth-order valence-electron chi connectivity index (χ4n) is 5.95. The number of nitrogens with one attached hydrogen (secondary N) is 12. The van der Waals surface area contributed by atoms with E-state index in [-0.39, 0.29) is 121 Å². The molecule has 0 unspecified atom stereocenters. The maximum Gasteiger partial charge on any atom is 2.00 e. The number of amides is 2. The molecule has 0 fully saturated rings. The first-order chi connectivity index (χ1) is 48.2. The van der Waals surface area contributed by atoms with Gasteiger partial charge in [0, 0.05) is 175 Å². The minimum absolute atomic E-state index is 0. The van der Waals surface area contributed by atoms with E-state index in [0.717, 1.165) is 12.8 Å². The maximum absolute atomic E-state index is 9.43. The van der Waals surface area contributed by atoms with Gasteiger partial charge in [-0.3, -0.25) is 42.0 Å². The topological polar surface area (TPSA) is 615 Å². The molecule has 0 saturated heterocycles. The number of rotatable bonds is 2. The fourth-order valence-corrected chi connectivity index (χ4v) is 5.95. The van der Waals surface area contributed by atoms with Gasteiger partial charge in [0.25, 0.3) is 0 Å². The Hall–Kier alpha value is -14.2. The molecule has 0 aromatic carbocycles. The predicted octanol–water partition coefficient (Wildman–Crippen LogP) is 4.32. The van der Waals surface area contributed by atoms with Crippen LogP contribution in [0.1, 0.15) is 0 Å². The molecule has 12 rings (SSSR count). The van der Waals surface area contributed by atoms with Crippen molar-refractivity contribution in [2.24, 2.45) is 30.0 Å². The summed E-state index contributed by atoms with van der Waals surface area (Å²) in [5.74, 6) is -1.49. The van der Waals surface area contributed by atoms with Gasteiger partial charge >= 0.3 is 49.5 Å². The average molecular weight is 1540 g/mol. The number of hydrogen-bond donors (Lipinski definition) is 6. The minimum Gasteiger partial charge on any atom is -0.409 e. The van der Waals surface area contributed by atoms with Crippen LogP contribution in [0.25, 0.3) is 34.4 Å². The van der Waals surface area contributed by atoms with Crippen LogP contribution in [0.3, 0.4) is 0 Å². The van der Waals surface area contributed by atoms with Gasteiger partial charge in [-0.15, -0.1) is 0 Å². The summed E-state index contributed by atoms with van der Waals surface area (Å²) in [6.45, 7) is 0. The van der Waals surface area contributed by atoms with Gasteiger partial charge in [-0.05, 0) is 110 Å². The quantitative estimate of drug-likeness (QED) is 0.0608. The van der Waals surface area contributed by atoms with E-state index in [2.05, 4.69) is 91.1 Å². The largest absolute Gasteiger partial charge is 2.00 e. The van der Waals surface area contributed by atoms with Gasteiger partial charge < -0.3 is 102 Å². The van der Waals surface area contributed by atoms with Gasteiger partial charge in [-0.1, -0.05) is 0 Å². The van der Waals surface area contributed by atoms with Crippen LogP contribution in [-0.2, 0) is 59.1 Å². The molecule has 0 saturated carbocycles. The first-order valence-electron chi connectivity index (χ1n) is 27.7. The van der Waals surface area contributed by atoms with E-state index in [1.807, 2.05) is 0 Å². The second-order valence-corrected chi connectivity index (χ2v) is 18.1. The molecule has 0 radical (unpaired) electrons. The van der Waals surface area contributed by atoms with E-state index >= 15 is 0 Å². The predicted molar refractivity (Wildman–Crippen MR) is 368 cm³/mol. The molecular weight excluding hydrogens is 1470 g/mol. The summed E-state index contributed by atoms with van der Waals surface area (Å²) >= 11 is 0. The van der Waals surface area contributed by atoms with E-state index in [1.165, 1.54) is 66.0 Å². The Labute approximate surface area is 613 Å². The first kappa shape index (κ1) is 84.9. The van der Waals surface area contributed by atoms with Crippen molar-refractivity contribution in [3.63, 3.8) is 0 Å². The third-order valence-corrected chi connectivity index (χ3v) is 10.3. The Balaban J connectivity index is 0.000000406. The second kappa shape index (κ2) is 46.1. The Morgan fingerprint density at radius 3 is 0.427 bits per heavy atom. The van der Waals surface area contributed by atoms with Crippen molar-refractivity contribution in [3.8, 4) is 0 Å². The molecule has 12 heterocycles. The molecule has 0 aliphatic rings. The molecule has 12 N–H and O–H groups in total. The fraction of sp³-hybridized carbons (Fsp3) is 0.0741. The van der Waals surface area contributed by atoms with Crippen molar-refractivity contribution in [2.45, 2.75) is 0 Å². The number of aliphatic imine (C=N–C) groups is 6. The minimum atomic E-state index is -0.125. The molecule has 46 nitrogen and oxygen atoms in total. The summed E-state index contributed by atoms with van der Waals surface area (Å²) in [6, 6.07) is 20.2. The van der Waals surface area contributed by atoms with Gasteiger partial charge in [0.2, 0.25) is 12.8 Å². The van der Waals surface area contributed by atoms with Crippen molar-refractivity contribution in [1.29, 1.82) is 32.5 Å². The normalized spacial score (nSPS) is 10.8. The van der Waals surface area contributed by atoms with Crippen molar-refractivity contribution in [1.82, 2.24) is 127 Å². The van der Waals surface area contributed by atoms with E-state index in [0.29, 0.717) is 0 Å². The Bertz CT molecular complexity index is 3760. The Morgan fingerprint density at radius 1 is 0.252 bits per heavy atom. The zero-order valence-corrected chi connectivity index (χ0v) is 57.0. The van der Waals surface area contributed by atoms with Crippen LogP contribution in [0.4, 0.5) is 0 Å². The van der Waals surface area contributed by atoms with Crippen LogP contribution in [0, 0.1) is 32.5 Å². The van der Waals surface area contributed by atoms with Crippen LogP contribution in [0.15, 0.2) is 251 Å². The number of carbonyl (C=O) groups excluding carboxylic acids is 2. The third-order valence-electron chi connectivity index (χ3n) is 10.3. The number of aromatic nitrogens is 24. The van der Waals surface area contributed by atoms with Gasteiger partial charge in [-0.25, -0.2) is 58.7 Å². The molecule has 103 heavy (non-hydrogen) atoms. The summed E-state index contributed by atoms with van der Waals surface area (Å²) in [5, 5.41) is 91.1. The van der Waals surface area contributed by atoms with Crippen molar-refractivity contribution in [3.05, 3.63) is 256 Å². The average Bonchev–Trinajstić information content (AvgIpc) is 1.81. The van der Waals surface area contributed by atoms with Gasteiger partial charge in [0.1, 0.15) is 0 Å². The van der Waals surface area contributed by atoms with E-state index < -0.39 is 0 Å². The van der Waals surface area contributed by atoms with Gasteiger partial charge in [-0.2, -0.15) is 30.6 Å². The number of carbonyl (C=O) groups is 2. The molecule has 0 spiro atoms. The first-order valence-corrected chi connectivity index (χ1v) is 27.7. The maximum atomic E-state index is 9.43. The zero-order chi connectivity index (χ0) is 72.6. The van der Waals surface area contributed by atoms with Gasteiger partial charge in [0.05, 0.1) is 0 Å². The van der Waals surface area contributed by atoms with E-state index in [9.17, 15) is 9.59 Å². The molecule has 0 atom stereocenters. The summed E-state index contributed by atoms with van der Waals surface area (Å²) < 4.78 is 15.1. The monoisotopic (exact) mass is 1530 g/mol. The molecular formula is C54H62N44Ni3O2. The molecule has 0 bridgehead atoms. The summed E-state index contributed by atoms with van der Waals surface area (Å²) in [6.07, 6.45) is 39.0. The Kier molecular flexibility index (Phi) is 38.0. The standard InChI is InChI=1S/6C8H8N7.2C3H7NO.3Ni/c6*9-7(14-5-1-3-11-14)13-8(10)15-6-2-4-12-15;2*1-4(2)3-5;;;/h6*1-6H,(H2-,9,10,13);2*3H,1-2H3;;;/q6*-1;;;3*+2. The molecule has 540 valence electrons. The summed E-state index contributed by atoms with van der Waals surface area (Å²) in [4.78, 5) is 44.1. The van der Waals surface area contributed by atoms with Gasteiger partial charge in [0.15, 0.2) is 35.8 Å². The number of nitrogens with zero attached hydrogens (tertiary/aromatic N) is 32. The van der Waals surface area contributed by atoms with Crippen LogP contribution < -0.4 is 0 Å². The summed E-state index contributed by atoms with van der Waals surface area (Å²) in [5.41, 5.74) is 45.2. The van der Waals surface area contributed by atoms with Crippen molar-refractivity contribution >= 4 is 84.3 Å². The molecule has 12 aromatic rings. The summed E-state index contributed by atoms with van der Waals surface area (Å²) in [7, 11) is 6.75. The zero-order valence-electron chi connectivity index (χ0n) is 54.0. The van der Waals surface area contributed by atoms with Crippen LogP contribution >= 0.6 is 0 Å². The molecule has 0 aliphatic carbocycles. The van der Waals surface area contributed by atoms with Crippen molar-refractivity contribution in [2.75, 3.05) is 28.2 Å². The second-order valence-electron chi connectivity index (χ2n) is 18.1. The van der Waals surface area contributed by atoms with Crippen LogP contribution in [0.5, 0.6) is 0 Å². The van der Waals surface area contributed by atoms with Crippen LogP contribution in [-0.4, -0.2) is 240 Å². The van der Waals surface area contributed by atoms with E-state index in [4.69, 9.17) is 66.9 Å². The van der Waals surface area contributed by atoms with Crippen LogP contribution in [0.2, 0.25) is 0 Å².